The standard InChI is InChI=1S/C5H8F6O3S/c1-2-15(12,13,14)3(4(6,7)8)5(9,10)11/h3H,2H2,1H3,(H2,12,13,14). The van der Waals surface area contributed by atoms with Crippen LogP contribution in [-0.4, -0.2) is 36.7 Å². The molecule has 0 saturated carbocycles. The van der Waals surface area contributed by atoms with E-state index < -0.39 is 33.0 Å². The van der Waals surface area contributed by atoms with Gasteiger partial charge >= 0.3 is 12.4 Å². The van der Waals surface area contributed by atoms with E-state index in [1.54, 1.807) is 0 Å². The number of rotatable bonds is 2. The summed E-state index contributed by atoms with van der Waals surface area (Å²) in [6.45, 7) is 0.555. The van der Waals surface area contributed by atoms with E-state index in [2.05, 4.69) is 0 Å². The van der Waals surface area contributed by atoms with E-state index >= 15 is 0 Å². The number of hydrogen-bond donors (Lipinski definition) is 2. The van der Waals surface area contributed by atoms with Crippen LogP contribution >= 0.6 is 0 Å². The van der Waals surface area contributed by atoms with Gasteiger partial charge in [0, 0.05) is 5.75 Å². The van der Waals surface area contributed by atoms with Gasteiger partial charge in [-0.15, -0.1) is 0 Å². The zero-order valence-corrected chi connectivity index (χ0v) is 8.08. The second-order valence-electron chi connectivity index (χ2n) is 2.83. The lowest BCUT2D eigenvalue weighted by Gasteiger charge is -2.38. The van der Waals surface area contributed by atoms with E-state index in [-0.39, 0.29) is 0 Å². The zero-order chi connectivity index (χ0) is 12.7. The largest absolute Gasteiger partial charge is 0.414 e. The van der Waals surface area contributed by atoms with Crippen LogP contribution < -0.4 is 0 Å². The van der Waals surface area contributed by atoms with Crippen LogP contribution in [0.2, 0.25) is 0 Å². The van der Waals surface area contributed by atoms with Crippen LogP contribution in [0.3, 0.4) is 0 Å². The van der Waals surface area contributed by atoms with Gasteiger partial charge in [-0.1, -0.05) is 6.92 Å². The summed E-state index contributed by atoms with van der Waals surface area (Å²) >= 11 is 0. The van der Waals surface area contributed by atoms with Gasteiger partial charge in [0.25, 0.3) is 0 Å². The molecule has 0 aliphatic heterocycles. The van der Waals surface area contributed by atoms with Gasteiger partial charge in [-0.3, -0.25) is 0 Å². The summed E-state index contributed by atoms with van der Waals surface area (Å²) in [5, 5.41) is -4.65. The minimum absolute atomic E-state index is 0.555. The molecule has 0 atom stereocenters. The Morgan fingerprint density at radius 1 is 1.07 bits per heavy atom. The summed E-state index contributed by atoms with van der Waals surface area (Å²) in [6.07, 6.45) is -12.1. The van der Waals surface area contributed by atoms with Crippen LogP contribution in [0.15, 0.2) is 0 Å². The first-order valence-electron chi connectivity index (χ1n) is 3.47. The van der Waals surface area contributed by atoms with Crippen molar-refractivity contribution in [2.75, 3.05) is 5.75 Å². The fraction of sp³-hybridized carbons (Fsp3) is 1.00. The molecule has 15 heavy (non-hydrogen) atoms. The summed E-state index contributed by atoms with van der Waals surface area (Å²) in [5.41, 5.74) is 0. The number of alkyl halides is 6. The molecular formula is C5H8F6O3S. The molecule has 0 bridgehead atoms. The zero-order valence-electron chi connectivity index (χ0n) is 7.26. The Morgan fingerprint density at radius 3 is 1.40 bits per heavy atom. The van der Waals surface area contributed by atoms with Crippen molar-refractivity contribution >= 4 is 9.63 Å². The SMILES string of the molecule is CCS(=O)(O)(O)C(C(F)(F)F)C(F)(F)F. The van der Waals surface area contributed by atoms with Gasteiger partial charge in [0.2, 0.25) is 5.25 Å². The van der Waals surface area contributed by atoms with Gasteiger partial charge in [0.1, 0.15) is 9.63 Å². The third kappa shape index (κ3) is 3.31. The molecule has 0 heterocycles. The van der Waals surface area contributed by atoms with Gasteiger partial charge < -0.3 is 9.11 Å². The van der Waals surface area contributed by atoms with Crippen molar-refractivity contribution in [1.29, 1.82) is 0 Å². The predicted octanol–water partition coefficient (Wildman–Crippen LogP) is 2.27. The molecule has 0 radical (unpaired) electrons. The average Bonchev–Trinajstić information content (AvgIpc) is 1.77. The molecule has 0 aliphatic rings. The summed E-state index contributed by atoms with van der Waals surface area (Å²) in [6, 6.07) is 0. The van der Waals surface area contributed by atoms with E-state index in [0.717, 1.165) is 0 Å². The molecule has 0 rings (SSSR count). The van der Waals surface area contributed by atoms with Gasteiger partial charge in [-0.25, -0.2) is 4.21 Å². The van der Waals surface area contributed by atoms with E-state index in [0.29, 0.717) is 6.92 Å². The van der Waals surface area contributed by atoms with Crippen molar-refractivity contribution in [3.8, 4) is 0 Å². The van der Waals surface area contributed by atoms with Crippen molar-refractivity contribution in [3.05, 3.63) is 0 Å². The van der Waals surface area contributed by atoms with Crippen LogP contribution in [0.4, 0.5) is 26.3 Å². The highest BCUT2D eigenvalue weighted by atomic mass is 32.3. The quantitative estimate of drug-likeness (QED) is 0.750. The van der Waals surface area contributed by atoms with Gasteiger partial charge in [-0.2, -0.15) is 26.3 Å². The van der Waals surface area contributed by atoms with Crippen LogP contribution in [0.25, 0.3) is 0 Å². The Balaban J connectivity index is 5.66. The second kappa shape index (κ2) is 3.32. The highest BCUT2D eigenvalue weighted by molar-refractivity contribution is 8.10. The third-order valence-corrected chi connectivity index (χ3v) is 4.18. The van der Waals surface area contributed by atoms with Crippen LogP contribution in [-0.2, 0) is 9.63 Å². The van der Waals surface area contributed by atoms with Gasteiger partial charge in [-0.05, 0) is 0 Å². The Bertz CT molecular complexity index is 285. The second-order valence-corrected chi connectivity index (χ2v) is 6.04. The molecule has 0 fully saturated rings. The molecule has 10 heteroatoms. The summed E-state index contributed by atoms with van der Waals surface area (Å²) in [5.74, 6) is -1.55. The lowest BCUT2D eigenvalue weighted by molar-refractivity contribution is -0.229. The van der Waals surface area contributed by atoms with E-state index in [4.69, 9.17) is 9.11 Å². The summed E-state index contributed by atoms with van der Waals surface area (Å²) in [4.78, 5) is 0. The molecule has 0 saturated heterocycles. The molecule has 3 nitrogen and oxygen atoms in total. The molecule has 0 aliphatic carbocycles. The van der Waals surface area contributed by atoms with Gasteiger partial charge in [0.15, 0.2) is 0 Å². The molecule has 0 amide bonds. The van der Waals surface area contributed by atoms with Crippen molar-refractivity contribution < 1.29 is 39.7 Å². The molecule has 0 aromatic rings. The van der Waals surface area contributed by atoms with Crippen molar-refractivity contribution in [3.63, 3.8) is 0 Å². The first-order chi connectivity index (χ1) is 6.20. The first-order valence-corrected chi connectivity index (χ1v) is 5.59. The highest BCUT2D eigenvalue weighted by Gasteiger charge is 2.68. The lowest BCUT2D eigenvalue weighted by Crippen LogP contribution is -2.60. The maximum Gasteiger partial charge on any atom is 0.414 e. The Hall–Kier alpha value is -0.350. The Labute approximate surface area is 80.5 Å². The molecule has 2 N–H and O–H groups in total. The van der Waals surface area contributed by atoms with Crippen LogP contribution in [0.5, 0.6) is 0 Å². The number of hydrogen-bond acceptors (Lipinski definition) is 1. The van der Waals surface area contributed by atoms with E-state index in [1.165, 1.54) is 0 Å². The molecule has 94 valence electrons. The molecular weight excluding hydrogens is 254 g/mol. The molecule has 0 aromatic carbocycles. The summed E-state index contributed by atoms with van der Waals surface area (Å²) < 4.78 is 99.6. The number of halogens is 6. The van der Waals surface area contributed by atoms with E-state index in [9.17, 15) is 30.6 Å². The topological polar surface area (TPSA) is 57.5 Å². The normalized spacial score (nSPS) is 17.6. The van der Waals surface area contributed by atoms with Crippen molar-refractivity contribution in [1.82, 2.24) is 0 Å². The minimum atomic E-state index is -6.79. The molecule has 0 spiro atoms. The van der Waals surface area contributed by atoms with Crippen molar-refractivity contribution in [2.45, 2.75) is 24.5 Å². The van der Waals surface area contributed by atoms with Crippen LogP contribution in [0.1, 0.15) is 6.92 Å². The highest BCUT2D eigenvalue weighted by Crippen LogP contribution is 2.45. The average molecular weight is 262 g/mol. The fourth-order valence-electron chi connectivity index (χ4n) is 0.889. The monoisotopic (exact) mass is 262 g/mol. The smallest absolute Gasteiger partial charge is 0.307 e. The Kier molecular flexibility index (Phi) is 3.24. The molecule has 0 unspecified atom stereocenters. The third-order valence-electron chi connectivity index (χ3n) is 1.61. The fourth-order valence-corrected chi connectivity index (χ4v) is 2.30. The van der Waals surface area contributed by atoms with Gasteiger partial charge in [0.05, 0.1) is 0 Å². The lowest BCUT2D eigenvalue weighted by atomic mass is 10.4. The molecule has 0 aromatic heterocycles. The summed E-state index contributed by atoms with van der Waals surface area (Å²) in [7, 11) is -6.79. The predicted molar refractivity (Wildman–Crippen MR) is 39.8 cm³/mol. The van der Waals surface area contributed by atoms with Crippen LogP contribution in [0, 0.1) is 0 Å². The van der Waals surface area contributed by atoms with E-state index in [1.807, 2.05) is 0 Å². The minimum Gasteiger partial charge on any atom is -0.307 e. The first kappa shape index (κ1) is 14.6. The maximum absolute atomic E-state index is 11.9. The Morgan fingerprint density at radius 2 is 1.33 bits per heavy atom. The maximum atomic E-state index is 11.9. The van der Waals surface area contributed by atoms with Crippen molar-refractivity contribution in [2.24, 2.45) is 0 Å².